The summed E-state index contributed by atoms with van der Waals surface area (Å²) in [5.74, 6) is 0.0655. The molecular weight excluding hydrogens is 240 g/mol. The number of aromatic nitrogens is 2. The molecule has 0 saturated carbocycles. The third-order valence-electron chi connectivity index (χ3n) is 3.06. The molecule has 4 heteroatoms. The van der Waals surface area contributed by atoms with Gasteiger partial charge < -0.3 is 0 Å². The van der Waals surface area contributed by atoms with Crippen LogP contribution < -0.4 is 5.69 Å². The fraction of sp³-hybridized carbons (Fsp3) is 0.333. The van der Waals surface area contributed by atoms with Gasteiger partial charge in [0, 0.05) is 37.5 Å². The van der Waals surface area contributed by atoms with E-state index in [2.05, 4.69) is 0 Å². The zero-order valence-corrected chi connectivity index (χ0v) is 11.1. The van der Waals surface area contributed by atoms with E-state index in [-0.39, 0.29) is 11.5 Å². The standard InChI is InChI=1S/C15H18N2O2/c1-2-9-16-11-12-17(15(16)19)10-8-14(18)13-6-4-3-5-7-13/h3-7,11-12H,2,8-10H2,1H3. The Morgan fingerprint density at radius 3 is 2.32 bits per heavy atom. The lowest BCUT2D eigenvalue weighted by Crippen LogP contribution is -2.24. The lowest BCUT2D eigenvalue weighted by Gasteiger charge is -2.02. The van der Waals surface area contributed by atoms with E-state index in [1.165, 1.54) is 0 Å². The van der Waals surface area contributed by atoms with Crippen molar-refractivity contribution in [3.8, 4) is 0 Å². The van der Waals surface area contributed by atoms with E-state index >= 15 is 0 Å². The van der Waals surface area contributed by atoms with Crippen molar-refractivity contribution in [3.63, 3.8) is 0 Å². The van der Waals surface area contributed by atoms with Crippen LogP contribution in [0.1, 0.15) is 30.1 Å². The fourth-order valence-electron chi connectivity index (χ4n) is 2.03. The smallest absolute Gasteiger partial charge is 0.299 e. The Kier molecular flexibility index (Phi) is 4.34. The highest BCUT2D eigenvalue weighted by Gasteiger charge is 2.07. The van der Waals surface area contributed by atoms with Gasteiger partial charge in [0.2, 0.25) is 0 Å². The molecule has 0 spiro atoms. The molecule has 1 heterocycles. The molecule has 0 aliphatic rings. The third-order valence-corrected chi connectivity index (χ3v) is 3.06. The maximum absolute atomic E-state index is 11.9. The van der Waals surface area contributed by atoms with E-state index in [1.54, 1.807) is 33.7 Å². The second-order valence-corrected chi connectivity index (χ2v) is 4.51. The van der Waals surface area contributed by atoms with Crippen molar-refractivity contribution in [2.45, 2.75) is 32.9 Å². The van der Waals surface area contributed by atoms with Gasteiger partial charge in [0.25, 0.3) is 0 Å². The van der Waals surface area contributed by atoms with Crippen molar-refractivity contribution >= 4 is 5.78 Å². The quantitative estimate of drug-likeness (QED) is 0.746. The Morgan fingerprint density at radius 2 is 1.68 bits per heavy atom. The van der Waals surface area contributed by atoms with E-state index in [4.69, 9.17) is 0 Å². The molecule has 2 rings (SSSR count). The minimum atomic E-state index is -0.0392. The molecular formula is C15H18N2O2. The number of nitrogens with zero attached hydrogens (tertiary/aromatic N) is 2. The molecule has 2 aromatic rings. The average Bonchev–Trinajstić information content (AvgIpc) is 2.79. The molecule has 1 aromatic carbocycles. The monoisotopic (exact) mass is 258 g/mol. The van der Waals surface area contributed by atoms with Gasteiger partial charge in [-0.2, -0.15) is 0 Å². The Bertz CT molecular complexity index is 596. The SMILES string of the molecule is CCCn1ccn(CCC(=O)c2ccccc2)c1=O. The van der Waals surface area contributed by atoms with Gasteiger partial charge in [0.15, 0.2) is 5.78 Å². The van der Waals surface area contributed by atoms with Crippen LogP contribution in [0.25, 0.3) is 0 Å². The summed E-state index contributed by atoms with van der Waals surface area (Å²) in [5.41, 5.74) is 0.659. The zero-order chi connectivity index (χ0) is 13.7. The molecule has 0 saturated heterocycles. The third kappa shape index (κ3) is 3.22. The van der Waals surface area contributed by atoms with Crippen LogP contribution >= 0.6 is 0 Å². The average molecular weight is 258 g/mol. The van der Waals surface area contributed by atoms with Gasteiger partial charge >= 0.3 is 5.69 Å². The second-order valence-electron chi connectivity index (χ2n) is 4.51. The van der Waals surface area contributed by atoms with Gasteiger partial charge in [-0.15, -0.1) is 0 Å². The highest BCUT2D eigenvalue weighted by atomic mass is 16.2. The number of Topliss-reactive ketones (excluding diaryl/α,β-unsaturated/α-hetero) is 1. The molecule has 19 heavy (non-hydrogen) atoms. The minimum absolute atomic E-state index is 0.0392. The Hall–Kier alpha value is -2.10. The van der Waals surface area contributed by atoms with Gasteiger partial charge in [-0.1, -0.05) is 37.3 Å². The summed E-state index contributed by atoms with van der Waals surface area (Å²) in [7, 11) is 0. The van der Waals surface area contributed by atoms with Crippen molar-refractivity contribution in [2.24, 2.45) is 0 Å². The lowest BCUT2D eigenvalue weighted by molar-refractivity contribution is 0.0976. The van der Waals surface area contributed by atoms with Crippen LogP contribution in [-0.2, 0) is 13.1 Å². The normalized spacial score (nSPS) is 10.6. The summed E-state index contributed by atoms with van der Waals surface area (Å²) in [5, 5.41) is 0. The fourth-order valence-corrected chi connectivity index (χ4v) is 2.03. The summed E-state index contributed by atoms with van der Waals surface area (Å²) in [6.45, 7) is 3.18. The maximum atomic E-state index is 11.9. The number of rotatable bonds is 6. The summed E-state index contributed by atoms with van der Waals surface area (Å²) in [6.07, 6.45) is 4.79. The maximum Gasteiger partial charge on any atom is 0.328 e. The Balaban J connectivity index is 2.00. The number of imidazole rings is 1. The van der Waals surface area contributed by atoms with Gasteiger partial charge in [-0.25, -0.2) is 4.79 Å². The first-order chi connectivity index (χ1) is 9.22. The van der Waals surface area contributed by atoms with Crippen LogP contribution in [-0.4, -0.2) is 14.9 Å². The molecule has 0 amide bonds. The molecule has 100 valence electrons. The molecule has 0 N–H and O–H groups in total. The molecule has 0 fully saturated rings. The van der Waals surface area contributed by atoms with Crippen LogP contribution in [0.15, 0.2) is 47.5 Å². The van der Waals surface area contributed by atoms with E-state index in [9.17, 15) is 9.59 Å². The molecule has 4 nitrogen and oxygen atoms in total. The van der Waals surface area contributed by atoms with Crippen molar-refractivity contribution in [1.29, 1.82) is 0 Å². The Morgan fingerprint density at radius 1 is 1.05 bits per heavy atom. The van der Waals surface area contributed by atoms with Crippen molar-refractivity contribution in [2.75, 3.05) is 0 Å². The second kappa shape index (κ2) is 6.18. The van der Waals surface area contributed by atoms with Gasteiger partial charge in [0.05, 0.1) is 0 Å². The molecule has 0 aliphatic carbocycles. The first-order valence-corrected chi connectivity index (χ1v) is 6.56. The van der Waals surface area contributed by atoms with Gasteiger partial charge in [-0.05, 0) is 6.42 Å². The highest BCUT2D eigenvalue weighted by Crippen LogP contribution is 2.03. The van der Waals surface area contributed by atoms with E-state index in [1.807, 2.05) is 25.1 Å². The Labute approximate surface area is 112 Å². The summed E-state index contributed by atoms with van der Waals surface area (Å²) >= 11 is 0. The number of aryl methyl sites for hydroxylation is 2. The zero-order valence-electron chi connectivity index (χ0n) is 11.1. The molecule has 0 radical (unpaired) electrons. The summed E-state index contributed by atoms with van der Waals surface area (Å²) < 4.78 is 3.27. The van der Waals surface area contributed by atoms with E-state index in [0.717, 1.165) is 13.0 Å². The minimum Gasteiger partial charge on any atom is -0.299 e. The summed E-state index contributed by atoms with van der Waals surface area (Å²) in [6, 6.07) is 9.17. The van der Waals surface area contributed by atoms with Crippen molar-refractivity contribution < 1.29 is 4.79 Å². The number of hydrogen-bond donors (Lipinski definition) is 0. The molecule has 0 atom stereocenters. The first-order valence-electron chi connectivity index (χ1n) is 6.56. The van der Waals surface area contributed by atoms with E-state index < -0.39 is 0 Å². The van der Waals surface area contributed by atoms with Gasteiger partial charge in [-0.3, -0.25) is 13.9 Å². The molecule has 0 bridgehead atoms. The van der Waals surface area contributed by atoms with Crippen molar-refractivity contribution in [1.82, 2.24) is 9.13 Å². The summed E-state index contributed by atoms with van der Waals surface area (Å²) in [4.78, 5) is 23.9. The molecule has 0 aliphatic heterocycles. The number of hydrogen-bond acceptors (Lipinski definition) is 2. The number of carbonyl (C=O) groups excluding carboxylic acids is 1. The predicted molar refractivity (Wildman–Crippen MR) is 74.4 cm³/mol. The molecule has 0 unspecified atom stereocenters. The number of ketones is 1. The van der Waals surface area contributed by atoms with Crippen LogP contribution in [0.5, 0.6) is 0 Å². The number of carbonyl (C=O) groups is 1. The lowest BCUT2D eigenvalue weighted by atomic mass is 10.1. The van der Waals surface area contributed by atoms with Crippen LogP contribution in [0.2, 0.25) is 0 Å². The molecule has 1 aromatic heterocycles. The van der Waals surface area contributed by atoms with Crippen molar-refractivity contribution in [3.05, 3.63) is 58.8 Å². The predicted octanol–water partition coefficient (Wildman–Crippen LogP) is 2.33. The van der Waals surface area contributed by atoms with E-state index in [0.29, 0.717) is 18.5 Å². The van der Waals surface area contributed by atoms with Crippen LogP contribution in [0.4, 0.5) is 0 Å². The number of benzene rings is 1. The largest absolute Gasteiger partial charge is 0.328 e. The first kappa shape index (κ1) is 13.3. The highest BCUT2D eigenvalue weighted by molar-refractivity contribution is 5.95. The van der Waals surface area contributed by atoms with Crippen LogP contribution in [0.3, 0.4) is 0 Å². The topological polar surface area (TPSA) is 44.0 Å². The van der Waals surface area contributed by atoms with Crippen LogP contribution in [0, 0.1) is 0 Å². The van der Waals surface area contributed by atoms with Gasteiger partial charge in [0.1, 0.15) is 0 Å².